The first-order valence-electron chi connectivity index (χ1n) is 7.64. The molecule has 21 heavy (non-hydrogen) atoms. The highest BCUT2D eigenvalue weighted by molar-refractivity contribution is 5.25. The van der Waals surface area contributed by atoms with Crippen molar-refractivity contribution in [2.24, 2.45) is 5.92 Å². The molecule has 0 saturated carbocycles. The first-order valence-corrected chi connectivity index (χ1v) is 7.64. The summed E-state index contributed by atoms with van der Waals surface area (Å²) < 4.78 is 5.34. The van der Waals surface area contributed by atoms with Crippen LogP contribution in [0.1, 0.15) is 43.8 Å². The van der Waals surface area contributed by atoms with Gasteiger partial charge in [0.15, 0.2) is 0 Å². The zero-order valence-electron chi connectivity index (χ0n) is 13.0. The van der Waals surface area contributed by atoms with Gasteiger partial charge in [-0.25, -0.2) is 0 Å². The summed E-state index contributed by atoms with van der Waals surface area (Å²) in [5, 5.41) is 14.1. The third-order valence-electron chi connectivity index (χ3n) is 3.88. The Kier molecular flexibility index (Phi) is 5.59. The van der Waals surface area contributed by atoms with E-state index in [1.54, 1.807) is 6.26 Å². The van der Waals surface area contributed by atoms with Crippen LogP contribution in [0.2, 0.25) is 0 Å². The van der Waals surface area contributed by atoms with Gasteiger partial charge in [-0.1, -0.05) is 45.0 Å². The Morgan fingerprint density at radius 2 is 1.86 bits per heavy atom. The maximum atomic E-state index is 10.6. The molecule has 1 aromatic heterocycles. The van der Waals surface area contributed by atoms with Crippen molar-refractivity contribution in [3.63, 3.8) is 0 Å². The van der Waals surface area contributed by atoms with E-state index in [-0.39, 0.29) is 6.04 Å². The minimum absolute atomic E-state index is 0.0115. The van der Waals surface area contributed by atoms with Crippen molar-refractivity contribution >= 4 is 0 Å². The predicted octanol–water partition coefficient (Wildman–Crippen LogP) is 3.69. The molecule has 3 heteroatoms. The molecule has 2 unspecified atom stereocenters. The van der Waals surface area contributed by atoms with E-state index >= 15 is 0 Å². The van der Waals surface area contributed by atoms with E-state index in [4.69, 9.17) is 4.42 Å². The summed E-state index contributed by atoms with van der Waals surface area (Å²) in [4.78, 5) is 0. The molecule has 3 nitrogen and oxygen atoms in total. The number of hydrogen-bond donors (Lipinski definition) is 2. The summed E-state index contributed by atoms with van der Waals surface area (Å²) in [6.45, 7) is 6.99. The molecule has 114 valence electrons. The second-order valence-electron chi connectivity index (χ2n) is 5.77. The number of benzene rings is 1. The van der Waals surface area contributed by atoms with E-state index in [0.29, 0.717) is 12.5 Å². The first kappa shape index (κ1) is 15.8. The van der Waals surface area contributed by atoms with Gasteiger partial charge in [0.25, 0.3) is 0 Å². The fraction of sp³-hybridized carbons (Fsp3) is 0.444. The van der Waals surface area contributed by atoms with Gasteiger partial charge in [-0.2, -0.15) is 0 Å². The Morgan fingerprint density at radius 1 is 1.14 bits per heavy atom. The summed E-state index contributed by atoms with van der Waals surface area (Å²) in [5.41, 5.74) is 2.24. The minimum atomic E-state index is -0.522. The average molecular weight is 287 g/mol. The van der Waals surface area contributed by atoms with E-state index in [1.807, 2.05) is 24.3 Å². The highest BCUT2D eigenvalue weighted by Crippen LogP contribution is 2.23. The number of aliphatic hydroxyl groups excluding tert-OH is 1. The van der Waals surface area contributed by atoms with E-state index < -0.39 is 6.10 Å². The van der Waals surface area contributed by atoms with E-state index in [9.17, 15) is 5.11 Å². The highest BCUT2D eigenvalue weighted by atomic mass is 16.3. The summed E-state index contributed by atoms with van der Waals surface area (Å²) in [6.07, 6.45) is 2.16. The lowest BCUT2D eigenvalue weighted by Gasteiger charge is -2.27. The van der Waals surface area contributed by atoms with Gasteiger partial charge in [-0.3, -0.25) is 0 Å². The number of aliphatic hydroxyl groups is 1. The maximum Gasteiger partial charge on any atom is 0.117 e. The van der Waals surface area contributed by atoms with Crippen LogP contribution >= 0.6 is 0 Å². The van der Waals surface area contributed by atoms with E-state index in [2.05, 4.69) is 38.2 Å². The van der Waals surface area contributed by atoms with Gasteiger partial charge < -0.3 is 14.8 Å². The van der Waals surface area contributed by atoms with Crippen molar-refractivity contribution in [1.29, 1.82) is 0 Å². The third-order valence-corrected chi connectivity index (χ3v) is 3.88. The zero-order chi connectivity index (χ0) is 15.2. The third kappa shape index (κ3) is 4.19. The largest absolute Gasteiger partial charge is 0.468 e. The topological polar surface area (TPSA) is 45.4 Å². The molecule has 1 aromatic carbocycles. The van der Waals surface area contributed by atoms with Gasteiger partial charge in [0.1, 0.15) is 5.76 Å². The zero-order valence-corrected chi connectivity index (χ0v) is 13.0. The SMILES string of the molecule is CCc1ccc(C(O)C(NCc2ccco2)C(C)C)cc1. The lowest BCUT2D eigenvalue weighted by Crippen LogP contribution is -2.38. The van der Waals surface area contributed by atoms with Crippen LogP contribution in [0.3, 0.4) is 0 Å². The van der Waals surface area contributed by atoms with Gasteiger partial charge in [-0.05, 0) is 35.6 Å². The fourth-order valence-electron chi connectivity index (χ4n) is 2.50. The van der Waals surface area contributed by atoms with E-state index in [1.165, 1.54) is 5.56 Å². The quantitative estimate of drug-likeness (QED) is 0.816. The number of hydrogen-bond acceptors (Lipinski definition) is 3. The summed E-state index contributed by atoms with van der Waals surface area (Å²) >= 11 is 0. The molecule has 2 atom stereocenters. The van der Waals surface area contributed by atoms with Crippen LogP contribution in [0.25, 0.3) is 0 Å². The molecule has 0 saturated heterocycles. The van der Waals surface area contributed by atoms with Crippen LogP contribution in [-0.4, -0.2) is 11.1 Å². The molecular formula is C18H25NO2. The minimum Gasteiger partial charge on any atom is -0.468 e. The molecule has 2 aromatic rings. The van der Waals surface area contributed by atoms with Gasteiger partial charge in [-0.15, -0.1) is 0 Å². The molecule has 0 spiro atoms. The average Bonchev–Trinajstić information content (AvgIpc) is 3.00. The van der Waals surface area contributed by atoms with Crippen molar-refractivity contribution in [3.05, 3.63) is 59.5 Å². The Hall–Kier alpha value is -1.58. The standard InChI is InChI=1S/C18H25NO2/c1-4-14-7-9-15(10-8-14)18(20)17(13(2)3)19-12-16-6-5-11-21-16/h5-11,13,17-20H,4,12H2,1-3H3. The van der Waals surface area contributed by atoms with Gasteiger partial charge in [0, 0.05) is 6.04 Å². The molecule has 0 bridgehead atoms. The maximum absolute atomic E-state index is 10.6. The van der Waals surface area contributed by atoms with Gasteiger partial charge in [0.2, 0.25) is 0 Å². The van der Waals surface area contributed by atoms with Crippen molar-refractivity contribution in [2.45, 2.75) is 45.9 Å². The lowest BCUT2D eigenvalue weighted by atomic mass is 9.92. The lowest BCUT2D eigenvalue weighted by molar-refractivity contribution is 0.103. The Balaban J connectivity index is 2.05. The van der Waals surface area contributed by atoms with Crippen LogP contribution < -0.4 is 5.32 Å². The number of nitrogens with one attached hydrogen (secondary N) is 1. The molecule has 0 aliphatic rings. The van der Waals surface area contributed by atoms with Crippen molar-refractivity contribution in [2.75, 3.05) is 0 Å². The Morgan fingerprint density at radius 3 is 2.38 bits per heavy atom. The Labute approximate surface area is 127 Å². The van der Waals surface area contributed by atoms with Crippen LogP contribution in [0, 0.1) is 5.92 Å². The normalized spacial score (nSPS) is 14.3. The molecule has 0 radical (unpaired) electrons. The molecular weight excluding hydrogens is 262 g/mol. The second kappa shape index (κ2) is 7.43. The van der Waals surface area contributed by atoms with Crippen molar-refractivity contribution in [1.82, 2.24) is 5.32 Å². The summed E-state index contributed by atoms with van der Waals surface area (Å²) in [7, 11) is 0. The highest BCUT2D eigenvalue weighted by Gasteiger charge is 2.23. The number of aryl methyl sites for hydroxylation is 1. The number of furan rings is 1. The second-order valence-corrected chi connectivity index (χ2v) is 5.77. The van der Waals surface area contributed by atoms with Crippen LogP contribution in [0.15, 0.2) is 47.1 Å². The molecule has 2 N–H and O–H groups in total. The fourth-order valence-corrected chi connectivity index (χ4v) is 2.50. The predicted molar refractivity (Wildman–Crippen MR) is 85.0 cm³/mol. The molecule has 1 heterocycles. The Bertz CT molecular complexity index is 517. The molecule has 0 amide bonds. The van der Waals surface area contributed by atoms with Crippen molar-refractivity contribution in [3.8, 4) is 0 Å². The summed E-state index contributed by atoms with van der Waals surface area (Å²) in [6, 6.07) is 12.0. The van der Waals surface area contributed by atoms with Crippen LogP contribution in [-0.2, 0) is 13.0 Å². The van der Waals surface area contributed by atoms with Crippen molar-refractivity contribution < 1.29 is 9.52 Å². The summed E-state index contributed by atoms with van der Waals surface area (Å²) in [5.74, 6) is 1.20. The smallest absolute Gasteiger partial charge is 0.117 e. The molecule has 2 rings (SSSR count). The molecule has 0 fully saturated rings. The van der Waals surface area contributed by atoms with Gasteiger partial charge >= 0.3 is 0 Å². The van der Waals surface area contributed by atoms with E-state index in [0.717, 1.165) is 17.7 Å². The van der Waals surface area contributed by atoms with Crippen LogP contribution in [0.5, 0.6) is 0 Å². The molecule has 0 aliphatic heterocycles. The molecule has 0 aliphatic carbocycles. The van der Waals surface area contributed by atoms with Gasteiger partial charge in [0.05, 0.1) is 18.9 Å². The monoisotopic (exact) mass is 287 g/mol. The van der Waals surface area contributed by atoms with Crippen LogP contribution in [0.4, 0.5) is 0 Å². The number of rotatable bonds is 7. The first-order chi connectivity index (χ1) is 10.1.